The molecule has 1 aliphatic rings. The summed E-state index contributed by atoms with van der Waals surface area (Å²) in [4.78, 5) is 12.2. The fourth-order valence-electron chi connectivity index (χ4n) is 2.31. The molecule has 1 aromatic carbocycles. The van der Waals surface area contributed by atoms with Crippen LogP contribution in [-0.2, 0) is 14.6 Å². The first kappa shape index (κ1) is 15.8. The molecule has 1 amide bonds. The van der Waals surface area contributed by atoms with Gasteiger partial charge in [0.2, 0.25) is 0 Å². The highest BCUT2D eigenvalue weighted by Gasteiger charge is 2.47. The van der Waals surface area contributed by atoms with E-state index in [0.29, 0.717) is 4.90 Å². The predicted molar refractivity (Wildman–Crippen MR) is 71.8 cm³/mol. The SMILES string of the molecule is Cc1ccc(N(C(=O)C(F)(F)F)[C@H]2CCS(=O)(=O)C2)cc1. The number of nitrogens with zero attached hydrogens (tertiary/aromatic N) is 1. The summed E-state index contributed by atoms with van der Waals surface area (Å²) < 4.78 is 61.3. The van der Waals surface area contributed by atoms with E-state index in [1.807, 2.05) is 0 Å². The Morgan fingerprint density at radius 1 is 1.24 bits per heavy atom. The van der Waals surface area contributed by atoms with Gasteiger partial charge in [0.1, 0.15) is 0 Å². The van der Waals surface area contributed by atoms with Crippen molar-refractivity contribution < 1.29 is 26.4 Å². The smallest absolute Gasteiger partial charge is 0.300 e. The van der Waals surface area contributed by atoms with Gasteiger partial charge in [-0.05, 0) is 25.5 Å². The molecular weight excluding hydrogens is 307 g/mol. The monoisotopic (exact) mass is 321 g/mol. The van der Waals surface area contributed by atoms with Gasteiger partial charge in [0.05, 0.1) is 17.5 Å². The largest absolute Gasteiger partial charge is 0.471 e. The van der Waals surface area contributed by atoms with E-state index in [-0.39, 0.29) is 17.9 Å². The second-order valence-electron chi connectivity index (χ2n) is 5.07. The van der Waals surface area contributed by atoms with E-state index in [4.69, 9.17) is 0 Å². The number of aryl methyl sites for hydroxylation is 1. The summed E-state index contributed by atoms with van der Waals surface area (Å²) in [6, 6.07) is 4.96. The van der Waals surface area contributed by atoms with Crippen molar-refractivity contribution in [3.05, 3.63) is 29.8 Å². The molecule has 0 aliphatic carbocycles. The summed E-state index contributed by atoms with van der Waals surface area (Å²) in [5.74, 6) is -2.68. The number of rotatable bonds is 2. The maximum atomic E-state index is 12.8. The Morgan fingerprint density at radius 3 is 2.24 bits per heavy atom. The molecule has 2 rings (SSSR count). The van der Waals surface area contributed by atoms with Crippen molar-refractivity contribution in [2.75, 3.05) is 16.4 Å². The molecule has 1 aliphatic heterocycles. The minimum Gasteiger partial charge on any atom is -0.300 e. The topological polar surface area (TPSA) is 54.5 Å². The van der Waals surface area contributed by atoms with Gasteiger partial charge in [0.15, 0.2) is 9.84 Å². The number of benzene rings is 1. The van der Waals surface area contributed by atoms with Crippen LogP contribution in [0.4, 0.5) is 18.9 Å². The number of halogens is 3. The first-order chi connectivity index (χ1) is 9.60. The van der Waals surface area contributed by atoms with Crippen LogP contribution in [0, 0.1) is 6.92 Å². The lowest BCUT2D eigenvalue weighted by Gasteiger charge is -2.29. The quantitative estimate of drug-likeness (QED) is 0.838. The maximum absolute atomic E-state index is 12.8. The first-order valence-corrected chi connectivity index (χ1v) is 8.10. The number of hydrogen-bond donors (Lipinski definition) is 0. The summed E-state index contributed by atoms with van der Waals surface area (Å²) in [5, 5.41) is 0. The van der Waals surface area contributed by atoms with Crippen LogP contribution >= 0.6 is 0 Å². The molecular formula is C13H14F3NO3S. The fraction of sp³-hybridized carbons (Fsp3) is 0.462. The van der Waals surface area contributed by atoms with E-state index in [2.05, 4.69) is 0 Å². The van der Waals surface area contributed by atoms with Gasteiger partial charge >= 0.3 is 12.1 Å². The molecule has 0 saturated carbocycles. The summed E-state index contributed by atoms with van der Waals surface area (Å²) in [6.45, 7) is 1.76. The summed E-state index contributed by atoms with van der Waals surface area (Å²) >= 11 is 0. The zero-order valence-corrected chi connectivity index (χ0v) is 12.0. The van der Waals surface area contributed by atoms with Gasteiger partial charge in [-0.1, -0.05) is 17.7 Å². The molecule has 1 heterocycles. The van der Waals surface area contributed by atoms with E-state index >= 15 is 0 Å². The highest BCUT2D eigenvalue weighted by Crippen LogP contribution is 2.30. The summed E-state index contributed by atoms with van der Waals surface area (Å²) in [6.07, 6.45) is -5.03. The Bertz CT molecular complexity index is 638. The molecule has 21 heavy (non-hydrogen) atoms. The second-order valence-corrected chi connectivity index (χ2v) is 7.29. The summed E-state index contributed by atoms with van der Waals surface area (Å²) in [7, 11) is -3.40. The molecule has 1 aromatic rings. The van der Waals surface area contributed by atoms with Crippen LogP contribution < -0.4 is 4.90 Å². The Balaban J connectivity index is 2.40. The second kappa shape index (κ2) is 5.32. The predicted octanol–water partition coefficient (Wildman–Crippen LogP) is 2.08. The average molecular weight is 321 g/mol. The molecule has 0 spiro atoms. The van der Waals surface area contributed by atoms with Crippen molar-refractivity contribution in [2.24, 2.45) is 0 Å². The molecule has 4 nitrogen and oxygen atoms in total. The van der Waals surface area contributed by atoms with Gasteiger partial charge in [0.25, 0.3) is 0 Å². The molecule has 1 atom stereocenters. The number of alkyl halides is 3. The lowest BCUT2D eigenvalue weighted by Crippen LogP contribution is -2.48. The number of carbonyl (C=O) groups is 1. The number of carbonyl (C=O) groups excluding carboxylic acids is 1. The van der Waals surface area contributed by atoms with Crippen LogP contribution in [0.2, 0.25) is 0 Å². The third-order valence-corrected chi connectivity index (χ3v) is 5.10. The Hall–Kier alpha value is -1.57. The molecule has 0 N–H and O–H groups in total. The number of sulfone groups is 1. The van der Waals surface area contributed by atoms with E-state index in [1.165, 1.54) is 12.1 Å². The van der Waals surface area contributed by atoms with Crippen molar-refractivity contribution in [2.45, 2.75) is 25.6 Å². The lowest BCUT2D eigenvalue weighted by atomic mass is 10.1. The Kier molecular flexibility index (Phi) is 4.01. The van der Waals surface area contributed by atoms with Gasteiger partial charge in [-0.15, -0.1) is 0 Å². The van der Waals surface area contributed by atoms with Crippen LogP contribution in [0.15, 0.2) is 24.3 Å². The van der Waals surface area contributed by atoms with Crippen molar-refractivity contribution in [1.29, 1.82) is 0 Å². The minimum absolute atomic E-state index is 0.0119. The molecule has 1 saturated heterocycles. The first-order valence-electron chi connectivity index (χ1n) is 6.28. The zero-order valence-electron chi connectivity index (χ0n) is 11.2. The van der Waals surface area contributed by atoms with Crippen LogP contribution in [0.5, 0.6) is 0 Å². The van der Waals surface area contributed by atoms with Gasteiger partial charge in [0, 0.05) is 5.69 Å². The van der Waals surface area contributed by atoms with E-state index in [0.717, 1.165) is 5.56 Å². The van der Waals surface area contributed by atoms with Crippen LogP contribution in [0.25, 0.3) is 0 Å². The van der Waals surface area contributed by atoms with Crippen molar-refractivity contribution >= 4 is 21.4 Å². The molecule has 0 unspecified atom stereocenters. The summed E-state index contributed by atoms with van der Waals surface area (Å²) in [5.41, 5.74) is 0.891. The van der Waals surface area contributed by atoms with Crippen LogP contribution in [0.1, 0.15) is 12.0 Å². The molecule has 0 bridgehead atoms. The highest BCUT2D eigenvalue weighted by molar-refractivity contribution is 7.91. The number of anilines is 1. The molecule has 0 radical (unpaired) electrons. The Morgan fingerprint density at radius 2 is 1.81 bits per heavy atom. The standard InChI is InChI=1S/C13H14F3NO3S/c1-9-2-4-10(5-3-9)17(12(18)13(14,15)16)11-6-7-21(19,20)8-11/h2-5,11H,6-8H2,1H3/t11-/m0/s1. The zero-order chi connectivity index (χ0) is 15.8. The number of amides is 1. The minimum atomic E-state index is -5.04. The van der Waals surface area contributed by atoms with E-state index in [9.17, 15) is 26.4 Å². The van der Waals surface area contributed by atoms with E-state index in [1.54, 1.807) is 19.1 Å². The fourth-order valence-corrected chi connectivity index (χ4v) is 4.01. The van der Waals surface area contributed by atoms with Crippen molar-refractivity contribution in [1.82, 2.24) is 0 Å². The third kappa shape index (κ3) is 3.55. The maximum Gasteiger partial charge on any atom is 0.471 e. The van der Waals surface area contributed by atoms with Crippen LogP contribution in [-0.4, -0.2) is 38.0 Å². The average Bonchev–Trinajstić information content (AvgIpc) is 2.71. The highest BCUT2D eigenvalue weighted by atomic mass is 32.2. The Labute approximate surface area is 120 Å². The molecule has 116 valence electrons. The van der Waals surface area contributed by atoms with Gasteiger partial charge in [-0.2, -0.15) is 13.2 Å². The third-order valence-electron chi connectivity index (χ3n) is 3.35. The molecule has 8 heteroatoms. The van der Waals surface area contributed by atoms with Crippen molar-refractivity contribution in [3.8, 4) is 0 Å². The number of hydrogen-bond acceptors (Lipinski definition) is 3. The van der Waals surface area contributed by atoms with Gasteiger partial charge in [-0.3, -0.25) is 4.79 Å². The van der Waals surface area contributed by atoms with E-state index < -0.39 is 33.7 Å². The molecule has 0 aromatic heterocycles. The van der Waals surface area contributed by atoms with Crippen LogP contribution in [0.3, 0.4) is 0 Å². The molecule has 1 fully saturated rings. The van der Waals surface area contributed by atoms with Gasteiger partial charge in [-0.25, -0.2) is 8.42 Å². The van der Waals surface area contributed by atoms with Crippen molar-refractivity contribution in [3.63, 3.8) is 0 Å². The van der Waals surface area contributed by atoms with Gasteiger partial charge < -0.3 is 4.90 Å². The normalized spacial score (nSPS) is 21.2. The lowest BCUT2D eigenvalue weighted by molar-refractivity contribution is -0.170.